The molecule has 0 saturated heterocycles. The van der Waals surface area contributed by atoms with Crippen LogP contribution in [0.2, 0.25) is 5.02 Å². The number of aliphatic hydroxyl groups is 1. The molecular formula is C16H17ClO2. The molecule has 0 aliphatic carbocycles. The lowest BCUT2D eigenvalue weighted by Crippen LogP contribution is -2.03. The Morgan fingerprint density at radius 1 is 1.21 bits per heavy atom. The van der Waals surface area contributed by atoms with Crippen LogP contribution < -0.4 is 4.74 Å². The first kappa shape index (κ1) is 13.9. The molecule has 0 spiro atoms. The van der Waals surface area contributed by atoms with Crippen molar-refractivity contribution in [1.82, 2.24) is 0 Å². The third-order valence-corrected chi connectivity index (χ3v) is 3.41. The predicted octanol–water partition coefficient (Wildman–Crippen LogP) is 3.93. The molecule has 100 valence electrons. The average Bonchev–Trinajstić information content (AvgIpc) is 2.38. The normalized spacial score (nSPS) is 12.2. The molecule has 2 aromatic carbocycles. The molecule has 0 amide bonds. The van der Waals surface area contributed by atoms with Gasteiger partial charge in [0.1, 0.15) is 5.75 Å². The summed E-state index contributed by atoms with van der Waals surface area (Å²) in [6.45, 7) is 2.04. The van der Waals surface area contributed by atoms with Gasteiger partial charge in [0.2, 0.25) is 0 Å². The Labute approximate surface area is 118 Å². The minimum absolute atomic E-state index is 0.527. The Morgan fingerprint density at radius 2 is 2.00 bits per heavy atom. The lowest BCUT2D eigenvalue weighted by molar-refractivity contribution is 0.178. The summed E-state index contributed by atoms with van der Waals surface area (Å²) in [5, 5.41) is 10.8. The third-order valence-electron chi connectivity index (χ3n) is 3.08. The number of hydrogen-bond donors (Lipinski definition) is 1. The SMILES string of the molecule is COc1ccc(C(O)Cc2cccc(C)c2)c(Cl)c1. The largest absolute Gasteiger partial charge is 0.497 e. The molecule has 1 atom stereocenters. The molecule has 0 bridgehead atoms. The first-order valence-electron chi connectivity index (χ1n) is 6.17. The van der Waals surface area contributed by atoms with Crippen LogP contribution in [0.25, 0.3) is 0 Å². The Bertz CT molecular complexity index is 566. The molecule has 0 saturated carbocycles. The van der Waals surface area contributed by atoms with Crippen LogP contribution in [0.5, 0.6) is 5.75 Å². The van der Waals surface area contributed by atoms with E-state index in [1.807, 2.05) is 31.2 Å². The monoisotopic (exact) mass is 276 g/mol. The number of methoxy groups -OCH3 is 1. The highest BCUT2D eigenvalue weighted by molar-refractivity contribution is 6.31. The summed E-state index contributed by atoms with van der Waals surface area (Å²) in [4.78, 5) is 0. The summed E-state index contributed by atoms with van der Waals surface area (Å²) >= 11 is 6.16. The van der Waals surface area contributed by atoms with E-state index < -0.39 is 6.10 Å². The van der Waals surface area contributed by atoms with Crippen LogP contribution in [0.1, 0.15) is 22.8 Å². The number of rotatable bonds is 4. The maximum absolute atomic E-state index is 10.3. The maximum Gasteiger partial charge on any atom is 0.120 e. The summed E-state index contributed by atoms with van der Waals surface area (Å²) in [7, 11) is 1.59. The van der Waals surface area contributed by atoms with Crippen LogP contribution in [-0.2, 0) is 6.42 Å². The lowest BCUT2D eigenvalue weighted by atomic mass is 10.00. The minimum Gasteiger partial charge on any atom is -0.497 e. The first-order chi connectivity index (χ1) is 9.10. The van der Waals surface area contributed by atoms with Gasteiger partial charge in [-0.3, -0.25) is 0 Å². The first-order valence-corrected chi connectivity index (χ1v) is 6.55. The van der Waals surface area contributed by atoms with Crippen LogP contribution >= 0.6 is 11.6 Å². The topological polar surface area (TPSA) is 29.5 Å². The standard InChI is InChI=1S/C16H17ClO2/c1-11-4-3-5-12(8-11)9-16(18)14-7-6-13(19-2)10-15(14)17/h3-8,10,16,18H,9H2,1-2H3. The van der Waals surface area contributed by atoms with Gasteiger partial charge in [-0.2, -0.15) is 0 Å². The smallest absolute Gasteiger partial charge is 0.120 e. The fourth-order valence-electron chi connectivity index (χ4n) is 2.08. The van der Waals surface area contributed by atoms with Crippen molar-refractivity contribution in [3.63, 3.8) is 0 Å². The second-order valence-electron chi connectivity index (χ2n) is 4.60. The molecule has 3 heteroatoms. The van der Waals surface area contributed by atoms with E-state index in [1.54, 1.807) is 19.2 Å². The molecule has 0 fully saturated rings. The number of benzene rings is 2. The van der Waals surface area contributed by atoms with E-state index >= 15 is 0 Å². The van der Waals surface area contributed by atoms with Crippen LogP contribution in [0.4, 0.5) is 0 Å². The van der Waals surface area contributed by atoms with E-state index in [0.717, 1.165) is 11.1 Å². The van der Waals surface area contributed by atoms with Crippen molar-refractivity contribution in [1.29, 1.82) is 0 Å². The number of aryl methyl sites for hydroxylation is 1. The summed E-state index contributed by atoms with van der Waals surface area (Å²) < 4.78 is 5.10. The van der Waals surface area contributed by atoms with Crippen LogP contribution in [-0.4, -0.2) is 12.2 Å². The molecule has 0 aliphatic rings. The molecule has 2 nitrogen and oxygen atoms in total. The molecule has 0 aromatic heterocycles. The molecular weight excluding hydrogens is 260 g/mol. The molecule has 19 heavy (non-hydrogen) atoms. The van der Waals surface area contributed by atoms with Crippen molar-refractivity contribution < 1.29 is 9.84 Å². The van der Waals surface area contributed by atoms with Gasteiger partial charge in [-0.15, -0.1) is 0 Å². The Morgan fingerprint density at radius 3 is 2.63 bits per heavy atom. The van der Waals surface area contributed by atoms with Crippen LogP contribution in [0.15, 0.2) is 42.5 Å². The second kappa shape index (κ2) is 6.09. The van der Waals surface area contributed by atoms with E-state index in [4.69, 9.17) is 16.3 Å². The van der Waals surface area contributed by atoms with Gasteiger partial charge < -0.3 is 9.84 Å². The summed E-state index contributed by atoms with van der Waals surface area (Å²) in [5.41, 5.74) is 3.01. The molecule has 0 heterocycles. The minimum atomic E-state index is -0.611. The Kier molecular flexibility index (Phi) is 4.46. The van der Waals surface area contributed by atoms with Crippen molar-refractivity contribution in [2.45, 2.75) is 19.4 Å². The maximum atomic E-state index is 10.3. The number of aliphatic hydroxyl groups excluding tert-OH is 1. The second-order valence-corrected chi connectivity index (χ2v) is 5.00. The van der Waals surface area contributed by atoms with Gasteiger partial charge in [-0.25, -0.2) is 0 Å². The predicted molar refractivity (Wildman–Crippen MR) is 77.8 cm³/mol. The molecule has 2 rings (SSSR count). The average molecular weight is 277 g/mol. The van der Waals surface area contributed by atoms with Gasteiger partial charge in [0.15, 0.2) is 0 Å². The van der Waals surface area contributed by atoms with Gasteiger partial charge in [0.05, 0.1) is 18.2 Å². The van der Waals surface area contributed by atoms with E-state index in [-0.39, 0.29) is 0 Å². The zero-order chi connectivity index (χ0) is 13.8. The number of halogens is 1. The van der Waals surface area contributed by atoms with Crippen molar-refractivity contribution in [3.8, 4) is 5.75 Å². The van der Waals surface area contributed by atoms with Gasteiger partial charge in [0, 0.05) is 6.42 Å². The van der Waals surface area contributed by atoms with E-state index in [9.17, 15) is 5.11 Å². The van der Waals surface area contributed by atoms with Gasteiger partial charge in [-0.05, 0) is 30.2 Å². The Hall–Kier alpha value is -1.51. The molecule has 0 aliphatic heterocycles. The molecule has 2 aromatic rings. The van der Waals surface area contributed by atoms with Crippen LogP contribution in [0.3, 0.4) is 0 Å². The number of ether oxygens (including phenoxy) is 1. The Balaban J connectivity index is 2.18. The number of hydrogen-bond acceptors (Lipinski definition) is 2. The third kappa shape index (κ3) is 3.49. The highest BCUT2D eigenvalue weighted by Gasteiger charge is 2.13. The summed E-state index contributed by atoms with van der Waals surface area (Å²) in [6.07, 6.45) is -0.0616. The lowest BCUT2D eigenvalue weighted by Gasteiger charge is -2.14. The van der Waals surface area contributed by atoms with Gasteiger partial charge in [0.25, 0.3) is 0 Å². The highest BCUT2D eigenvalue weighted by Crippen LogP contribution is 2.29. The molecule has 1 unspecified atom stereocenters. The van der Waals surface area contributed by atoms with Crippen LogP contribution in [0, 0.1) is 6.92 Å². The van der Waals surface area contributed by atoms with Crippen molar-refractivity contribution >= 4 is 11.6 Å². The van der Waals surface area contributed by atoms with Crippen molar-refractivity contribution in [3.05, 3.63) is 64.2 Å². The quantitative estimate of drug-likeness (QED) is 0.917. The molecule has 0 radical (unpaired) electrons. The van der Waals surface area contributed by atoms with E-state index in [1.165, 1.54) is 5.56 Å². The zero-order valence-corrected chi connectivity index (χ0v) is 11.8. The highest BCUT2D eigenvalue weighted by atomic mass is 35.5. The summed E-state index contributed by atoms with van der Waals surface area (Å²) in [6, 6.07) is 13.4. The van der Waals surface area contributed by atoms with Gasteiger partial charge >= 0.3 is 0 Å². The van der Waals surface area contributed by atoms with E-state index in [0.29, 0.717) is 17.2 Å². The van der Waals surface area contributed by atoms with Crippen molar-refractivity contribution in [2.24, 2.45) is 0 Å². The van der Waals surface area contributed by atoms with E-state index in [2.05, 4.69) is 6.07 Å². The fraction of sp³-hybridized carbons (Fsp3) is 0.250. The zero-order valence-electron chi connectivity index (χ0n) is 11.1. The van der Waals surface area contributed by atoms with Gasteiger partial charge in [-0.1, -0.05) is 47.5 Å². The van der Waals surface area contributed by atoms with Crippen molar-refractivity contribution in [2.75, 3.05) is 7.11 Å². The fourth-order valence-corrected chi connectivity index (χ4v) is 2.37. The summed E-state index contributed by atoms with van der Waals surface area (Å²) in [5.74, 6) is 0.691. The molecule has 1 N–H and O–H groups in total.